The van der Waals surface area contributed by atoms with Gasteiger partial charge in [-0.15, -0.1) is 0 Å². The van der Waals surface area contributed by atoms with Crippen LogP contribution in [-0.4, -0.2) is 54.2 Å². The van der Waals surface area contributed by atoms with Crippen LogP contribution in [0, 0.1) is 5.95 Å². The van der Waals surface area contributed by atoms with Gasteiger partial charge < -0.3 is 25.7 Å². The summed E-state index contributed by atoms with van der Waals surface area (Å²) < 4.78 is 13.1. The molecule has 0 aromatic carbocycles. The highest BCUT2D eigenvalue weighted by atomic mass is 19.1. The van der Waals surface area contributed by atoms with Crippen LogP contribution in [0.15, 0.2) is 24.4 Å². The number of aliphatic hydroxyl groups excluding tert-OH is 1. The fourth-order valence-corrected chi connectivity index (χ4v) is 4.57. The van der Waals surface area contributed by atoms with Gasteiger partial charge in [0.1, 0.15) is 17.6 Å². The Morgan fingerprint density at radius 1 is 1.24 bits per heavy atom. The van der Waals surface area contributed by atoms with E-state index in [0.29, 0.717) is 35.5 Å². The predicted octanol–water partition coefficient (Wildman–Crippen LogP) is 2.59. The number of aryl methyl sites for hydroxylation is 1. The van der Waals surface area contributed by atoms with Gasteiger partial charge in [-0.05, 0) is 58.1 Å². The maximum Gasteiger partial charge on any atom is 0.227 e. The van der Waals surface area contributed by atoms with Crippen molar-refractivity contribution in [2.24, 2.45) is 0 Å². The summed E-state index contributed by atoms with van der Waals surface area (Å²) >= 11 is 0. The highest BCUT2D eigenvalue weighted by Gasteiger charge is 2.34. The lowest BCUT2D eigenvalue weighted by atomic mass is 10.1. The van der Waals surface area contributed by atoms with Crippen LogP contribution in [0.5, 0.6) is 0 Å². The first-order chi connectivity index (χ1) is 16.3. The van der Waals surface area contributed by atoms with Gasteiger partial charge in [-0.2, -0.15) is 14.5 Å². The molecule has 1 fully saturated rings. The maximum absolute atomic E-state index is 13.1. The number of aromatic nitrogens is 5. The predicted molar refractivity (Wildman–Crippen MR) is 125 cm³/mol. The molecule has 2 unspecified atom stereocenters. The molecule has 0 bridgehead atoms. The molecule has 1 aliphatic carbocycles. The van der Waals surface area contributed by atoms with Crippen molar-refractivity contribution in [3.8, 4) is 0 Å². The lowest BCUT2D eigenvalue weighted by molar-refractivity contribution is 0.0738. The second-order valence-electron chi connectivity index (χ2n) is 9.36. The van der Waals surface area contributed by atoms with Crippen molar-refractivity contribution in [3.05, 3.63) is 47.3 Å². The first kappa shape index (κ1) is 22.5. The van der Waals surface area contributed by atoms with Crippen molar-refractivity contribution in [2.75, 3.05) is 22.1 Å². The maximum atomic E-state index is 13.1. The minimum Gasteiger partial charge on any atom is -0.384 e. The van der Waals surface area contributed by atoms with Crippen LogP contribution >= 0.6 is 0 Å². The third kappa shape index (κ3) is 4.53. The van der Waals surface area contributed by atoms with Gasteiger partial charge in [0.15, 0.2) is 5.82 Å². The Kier molecular flexibility index (Phi) is 5.82. The molecule has 5 N–H and O–H groups in total. The SMILES string of the molecule is CC(C)(O)c1cc(Nc2nc(N3CCCC3C(O)Nc3ccc(F)nc3)nc3c2CCC3)n[nH]1. The molecule has 0 radical (unpaired) electrons. The summed E-state index contributed by atoms with van der Waals surface area (Å²) in [6, 6.07) is 4.32. The van der Waals surface area contributed by atoms with E-state index in [1.165, 1.54) is 12.3 Å². The molecular weight excluding hydrogens is 439 g/mol. The molecule has 5 rings (SSSR count). The number of rotatable bonds is 7. The number of nitrogens with one attached hydrogen (secondary N) is 3. The normalized spacial score (nSPS) is 18.7. The average Bonchev–Trinajstić information content (AvgIpc) is 3.55. The van der Waals surface area contributed by atoms with E-state index in [-0.39, 0.29) is 6.04 Å². The third-order valence-electron chi connectivity index (χ3n) is 6.37. The molecule has 3 aromatic rings. The van der Waals surface area contributed by atoms with E-state index in [1.54, 1.807) is 26.0 Å². The van der Waals surface area contributed by atoms with Gasteiger partial charge in [-0.1, -0.05) is 0 Å². The monoisotopic (exact) mass is 468 g/mol. The molecule has 3 aromatic heterocycles. The van der Waals surface area contributed by atoms with Gasteiger partial charge >= 0.3 is 0 Å². The van der Waals surface area contributed by atoms with Gasteiger partial charge in [0.05, 0.1) is 29.3 Å². The number of anilines is 4. The van der Waals surface area contributed by atoms with Gasteiger partial charge in [-0.3, -0.25) is 5.10 Å². The number of aliphatic hydroxyl groups is 2. The van der Waals surface area contributed by atoms with Crippen LogP contribution in [0.4, 0.5) is 27.7 Å². The number of H-pyrrole nitrogens is 1. The molecule has 10 nitrogen and oxygen atoms in total. The minimum absolute atomic E-state index is 0.246. The number of aromatic amines is 1. The fraction of sp³-hybridized carbons (Fsp3) is 0.478. The summed E-state index contributed by atoms with van der Waals surface area (Å²) in [7, 11) is 0. The van der Waals surface area contributed by atoms with Crippen LogP contribution in [0.3, 0.4) is 0 Å². The lowest BCUT2D eigenvalue weighted by Crippen LogP contribution is -2.44. The van der Waals surface area contributed by atoms with E-state index in [1.807, 2.05) is 4.90 Å². The van der Waals surface area contributed by atoms with Crippen molar-refractivity contribution >= 4 is 23.3 Å². The van der Waals surface area contributed by atoms with Crippen molar-refractivity contribution in [2.45, 2.75) is 63.8 Å². The van der Waals surface area contributed by atoms with Crippen LogP contribution in [-0.2, 0) is 18.4 Å². The molecule has 2 atom stereocenters. The Morgan fingerprint density at radius 3 is 2.82 bits per heavy atom. The molecule has 11 heteroatoms. The summed E-state index contributed by atoms with van der Waals surface area (Å²) in [4.78, 5) is 15.3. The van der Waals surface area contributed by atoms with E-state index in [2.05, 4.69) is 25.8 Å². The van der Waals surface area contributed by atoms with Crippen LogP contribution in [0.25, 0.3) is 0 Å². The summed E-state index contributed by atoms with van der Waals surface area (Å²) in [5.41, 5.74) is 2.19. The molecule has 0 spiro atoms. The number of hydrogen-bond donors (Lipinski definition) is 5. The summed E-state index contributed by atoms with van der Waals surface area (Å²) in [6.45, 7) is 4.11. The Hall–Kier alpha value is -3.31. The number of nitrogens with zero attached hydrogens (tertiary/aromatic N) is 5. The zero-order valence-electron chi connectivity index (χ0n) is 19.2. The lowest BCUT2D eigenvalue weighted by Gasteiger charge is -2.30. The van der Waals surface area contributed by atoms with Gasteiger partial charge in [-0.25, -0.2) is 9.97 Å². The first-order valence-corrected chi connectivity index (χ1v) is 11.6. The smallest absolute Gasteiger partial charge is 0.227 e. The molecule has 180 valence electrons. The van der Waals surface area contributed by atoms with E-state index < -0.39 is 17.8 Å². The summed E-state index contributed by atoms with van der Waals surface area (Å²) in [5.74, 6) is 1.25. The van der Waals surface area contributed by atoms with Crippen LogP contribution < -0.4 is 15.5 Å². The van der Waals surface area contributed by atoms with E-state index in [9.17, 15) is 14.6 Å². The van der Waals surface area contributed by atoms with Crippen molar-refractivity contribution in [1.82, 2.24) is 25.1 Å². The Balaban J connectivity index is 1.39. The minimum atomic E-state index is -1.03. The highest BCUT2D eigenvalue weighted by molar-refractivity contribution is 5.61. The number of hydrogen-bond acceptors (Lipinski definition) is 9. The third-order valence-corrected chi connectivity index (χ3v) is 6.37. The standard InChI is InChI=1S/C23H29FN8O2/c1-23(2,34)17-11-19(31-30-17)28-20-14-5-3-6-15(14)27-22(29-20)32-10-4-7-16(32)21(33)26-13-8-9-18(24)25-12-13/h8-9,11-12,16,21,26,33-34H,3-7,10H2,1-2H3,(H2,27,28,29,30,31). The molecule has 0 saturated carbocycles. The number of pyridine rings is 1. The van der Waals surface area contributed by atoms with E-state index in [0.717, 1.165) is 43.4 Å². The second-order valence-corrected chi connectivity index (χ2v) is 9.36. The van der Waals surface area contributed by atoms with Crippen molar-refractivity contribution in [3.63, 3.8) is 0 Å². The van der Waals surface area contributed by atoms with Crippen LogP contribution in [0.1, 0.15) is 50.1 Å². The highest BCUT2D eigenvalue weighted by Crippen LogP contribution is 2.33. The Morgan fingerprint density at radius 2 is 2.09 bits per heavy atom. The number of halogens is 1. The van der Waals surface area contributed by atoms with Crippen molar-refractivity contribution < 1.29 is 14.6 Å². The quantitative estimate of drug-likeness (QED) is 0.262. The van der Waals surface area contributed by atoms with E-state index >= 15 is 0 Å². The fourth-order valence-electron chi connectivity index (χ4n) is 4.57. The number of fused-ring (bicyclic) bond motifs is 1. The zero-order chi connectivity index (χ0) is 23.9. The second kappa shape index (κ2) is 8.80. The molecule has 34 heavy (non-hydrogen) atoms. The van der Waals surface area contributed by atoms with Crippen LogP contribution in [0.2, 0.25) is 0 Å². The molecule has 0 amide bonds. The summed E-state index contributed by atoms with van der Waals surface area (Å²) in [5, 5.41) is 34.6. The zero-order valence-corrected chi connectivity index (χ0v) is 19.2. The van der Waals surface area contributed by atoms with Gasteiger partial charge in [0.2, 0.25) is 11.9 Å². The Labute approximate surface area is 196 Å². The Bertz CT molecular complexity index is 1160. The average molecular weight is 469 g/mol. The van der Waals surface area contributed by atoms with Gasteiger partial charge in [0, 0.05) is 18.2 Å². The summed E-state index contributed by atoms with van der Waals surface area (Å²) in [6.07, 6.45) is 4.87. The molecule has 1 saturated heterocycles. The van der Waals surface area contributed by atoms with Crippen molar-refractivity contribution in [1.29, 1.82) is 0 Å². The molecule has 1 aliphatic heterocycles. The first-order valence-electron chi connectivity index (χ1n) is 11.6. The largest absolute Gasteiger partial charge is 0.384 e. The molecular formula is C23H29FN8O2. The molecule has 2 aliphatic rings. The molecule has 4 heterocycles. The van der Waals surface area contributed by atoms with E-state index in [4.69, 9.17) is 9.97 Å². The van der Waals surface area contributed by atoms with Gasteiger partial charge in [0.25, 0.3) is 0 Å². The topological polar surface area (TPSA) is 135 Å².